The monoisotopic (exact) mass is 231 g/mol. The average molecular weight is 231 g/mol. The van der Waals surface area contributed by atoms with Gasteiger partial charge in [-0.1, -0.05) is 6.42 Å². The van der Waals surface area contributed by atoms with E-state index < -0.39 is 5.60 Å². The van der Waals surface area contributed by atoms with Crippen molar-refractivity contribution < 1.29 is 9.53 Å². The number of carbonyl (C=O) groups excluding carboxylic acids is 1. The highest BCUT2D eigenvalue weighted by atomic mass is 32.2. The fourth-order valence-electron chi connectivity index (χ4n) is 1.48. The second-order valence-corrected chi connectivity index (χ2v) is 6.28. The van der Waals surface area contributed by atoms with Crippen LogP contribution < -0.4 is 5.32 Å². The molecule has 1 amide bonds. The Balaban J connectivity index is 2.15. The third-order valence-electron chi connectivity index (χ3n) is 2.15. The molecule has 3 nitrogen and oxygen atoms in total. The maximum Gasteiger partial charge on any atom is 0.407 e. The minimum atomic E-state index is -0.399. The fraction of sp³-hybridized carbons (Fsp3) is 0.909. The van der Waals surface area contributed by atoms with Gasteiger partial charge in [0, 0.05) is 11.8 Å². The number of nitrogens with one attached hydrogen (secondary N) is 1. The molecule has 0 aromatic carbocycles. The Hall–Kier alpha value is -0.380. The van der Waals surface area contributed by atoms with E-state index in [4.69, 9.17) is 4.74 Å². The van der Waals surface area contributed by atoms with Crippen LogP contribution in [0.15, 0.2) is 0 Å². The van der Waals surface area contributed by atoms with Crippen LogP contribution in [0.3, 0.4) is 0 Å². The molecular formula is C11H21NO2S. The van der Waals surface area contributed by atoms with E-state index in [-0.39, 0.29) is 6.09 Å². The first-order valence-corrected chi connectivity index (χ1v) is 6.61. The van der Waals surface area contributed by atoms with Gasteiger partial charge in [-0.15, -0.1) is 0 Å². The minimum absolute atomic E-state index is 0.298. The molecule has 1 aliphatic heterocycles. The Morgan fingerprint density at radius 1 is 1.47 bits per heavy atom. The van der Waals surface area contributed by atoms with E-state index in [0.29, 0.717) is 5.25 Å². The Labute approximate surface area is 96.3 Å². The van der Waals surface area contributed by atoms with Crippen molar-refractivity contribution in [2.75, 3.05) is 12.3 Å². The first kappa shape index (κ1) is 12.7. The molecule has 15 heavy (non-hydrogen) atoms. The van der Waals surface area contributed by atoms with Crippen molar-refractivity contribution in [2.24, 2.45) is 0 Å². The maximum absolute atomic E-state index is 11.4. The smallest absolute Gasteiger partial charge is 0.407 e. The predicted octanol–water partition coefficient (Wildman–Crippen LogP) is 2.80. The number of alkyl carbamates (subject to hydrolysis) is 1. The van der Waals surface area contributed by atoms with E-state index >= 15 is 0 Å². The summed E-state index contributed by atoms with van der Waals surface area (Å²) in [5.74, 6) is 1.22. The third-order valence-corrected chi connectivity index (χ3v) is 3.55. The molecule has 88 valence electrons. The fourth-order valence-corrected chi connectivity index (χ4v) is 2.72. The molecule has 1 atom stereocenters. The van der Waals surface area contributed by atoms with E-state index in [0.717, 1.165) is 6.54 Å². The highest BCUT2D eigenvalue weighted by Gasteiger charge is 2.18. The van der Waals surface area contributed by atoms with Gasteiger partial charge in [-0.2, -0.15) is 11.8 Å². The van der Waals surface area contributed by atoms with E-state index in [2.05, 4.69) is 5.32 Å². The van der Waals surface area contributed by atoms with Crippen molar-refractivity contribution in [2.45, 2.75) is 50.9 Å². The van der Waals surface area contributed by atoms with Gasteiger partial charge in [-0.3, -0.25) is 0 Å². The molecule has 1 fully saturated rings. The summed E-state index contributed by atoms with van der Waals surface area (Å²) < 4.78 is 5.17. The molecule has 1 rings (SSSR count). The highest BCUT2D eigenvalue weighted by molar-refractivity contribution is 7.99. The van der Waals surface area contributed by atoms with Gasteiger partial charge in [-0.05, 0) is 39.4 Å². The van der Waals surface area contributed by atoms with Crippen molar-refractivity contribution in [3.05, 3.63) is 0 Å². The molecule has 0 bridgehead atoms. The Bertz CT molecular complexity index is 207. The second-order valence-electron chi connectivity index (χ2n) is 4.87. The molecule has 1 aliphatic rings. The SMILES string of the molecule is CC(C)(C)OC(=O)NCC1CCCCS1. The molecular weight excluding hydrogens is 210 g/mol. The predicted molar refractivity (Wildman–Crippen MR) is 64.3 cm³/mol. The topological polar surface area (TPSA) is 38.3 Å². The van der Waals surface area contributed by atoms with Crippen molar-refractivity contribution in [1.82, 2.24) is 5.32 Å². The molecule has 0 spiro atoms. The maximum atomic E-state index is 11.4. The van der Waals surface area contributed by atoms with Crippen molar-refractivity contribution >= 4 is 17.9 Å². The van der Waals surface area contributed by atoms with Gasteiger partial charge in [0.2, 0.25) is 0 Å². The summed E-state index contributed by atoms with van der Waals surface area (Å²) in [6.45, 7) is 6.37. The molecule has 0 aliphatic carbocycles. The quantitative estimate of drug-likeness (QED) is 0.794. The molecule has 1 saturated heterocycles. The zero-order valence-corrected chi connectivity index (χ0v) is 10.7. The molecule has 4 heteroatoms. The van der Waals surface area contributed by atoms with Gasteiger partial charge in [0.05, 0.1) is 0 Å². The first-order valence-electron chi connectivity index (χ1n) is 5.56. The third kappa shape index (κ3) is 5.92. The molecule has 0 radical (unpaired) electrons. The van der Waals surface area contributed by atoms with Crippen LogP contribution in [0.2, 0.25) is 0 Å². The lowest BCUT2D eigenvalue weighted by molar-refractivity contribution is 0.0527. The number of thioether (sulfide) groups is 1. The lowest BCUT2D eigenvalue weighted by atomic mass is 10.2. The van der Waals surface area contributed by atoms with Crippen LogP contribution in [0.1, 0.15) is 40.0 Å². The summed E-state index contributed by atoms with van der Waals surface area (Å²) in [5, 5.41) is 3.40. The van der Waals surface area contributed by atoms with Gasteiger partial charge in [0.25, 0.3) is 0 Å². The lowest BCUT2D eigenvalue weighted by Gasteiger charge is -2.23. The molecule has 0 aromatic rings. The van der Waals surface area contributed by atoms with E-state index in [9.17, 15) is 4.79 Å². The van der Waals surface area contributed by atoms with E-state index in [1.54, 1.807) is 0 Å². The van der Waals surface area contributed by atoms with Crippen molar-refractivity contribution in [3.8, 4) is 0 Å². The Morgan fingerprint density at radius 2 is 2.20 bits per heavy atom. The first-order chi connectivity index (χ1) is 6.97. The molecule has 1 N–H and O–H groups in total. The Morgan fingerprint density at radius 3 is 2.73 bits per heavy atom. The number of ether oxygens (including phenoxy) is 1. The van der Waals surface area contributed by atoms with Crippen molar-refractivity contribution in [3.63, 3.8) is 0 Å². The summed E-state index contributed by atoms with van der Waals surface area (Å²) in [6.07, 6.45) is 3.51. The number of amides is 1. The summed E-state index contributed by atoms with van der Waals surface area (Å²) in [7, 11) is 0. The normalized spacial score (nSPS) is 22.2. The number of rotatable bonds is 2. The zero-order chi connectivity index (χ0) is 11.3. The average Bonchev–Trinajstić information content (AvgIpc) is 2.14. The van der Waals surface area contributed by atoms with Crippen molar-refractivity contribution in [1.29, 1.82) is 0 Å². The van der Waals surface area contributed by atoms with Crippen LogP contribution in [-0.4, -0.2) is 29.2 Å². The summed E-state index contributed by atoms with van der Waals surface area (Å²) >= 11 is 1.95. The van der Waals surface area contributed by atoms with Crippen LogP contribution in [0, 0.1) is 0 Å². The van der Waals surface area contributed by atoms with Crippen LogP contribution in [0.5, 0.6) is 0 Å². The van der Waals surface area contributed by atoms with Crippen LogP contribution in [0.25, 0.3) is 0 Å². The Kier molecular flexibility index (Phi) is 4.77. The summed E-state index contributed by atoms with van der Waals surface area (Å²) in [5.41, 5.74) is -0.399. The van der Waals surface area contributed by atoms with Crippen LogP contribution in [0.4, 0.5) is 4.79 Å². The van der Waals surface area contributed by atoms with E-state index in [1.165, 1.54) is 25.0 Å². The van der Waals surface area contributed by atoms with E-state index in [1.807, 2.05) is 32.5 Å². The number of carbonyl (C=O) groups is 1. The highest BCUT2D eigenvalue weighted by Crippen LogP contribution is 2.24. The lowest BCUT2D eigenvalue weighted by Crippen LogP contribution is -2.36. The van der Waals surface area contributed by atoms with Gasteiger partial charge in [0.1, 0.15) is 5.60 Å². The standard InChI is InChI=1S/C11H21NO2S/c1-11(2,3)14-10(13)12-8-9-6-4-5-7-15-9/h9H,4-8H2,1-3H3,(H,12,13). The summed E-state index contributed by atoms with van der Waals surface area (Å²) in [4.78, 5) is 11.4. The number of hydrogen-bond donors (Lipinski definition) is 1. The van der Waals surface area contributed by atoms with Gasteiger partial charge in [0.15, 0.2) is 0 Å². The van der Waals surface area contributed by atoms with Crippen LogP contribution >= 0.6 is 11.8 Å². The molecule has 1 heterocycles. The van der Waals surface area contributed by atoms with Gasteiger partial charge in [-0.25, -0.2) is 4.79 Å². The van der Waals surface area contributed by atoms with Crippen LogP contribution in [-0.2, 0) is 4.74 Å². The zero-order valence-electron chi connectivity index (χ0n) is 9.84. The van der Waals surface area contributed by atoms with Gasteiger partial charge >= 0.3 is 6.09 Å². The largest absolute Gasteiger partial charge is 0.444 e. The second kappa shape index (κ2) is 5.64. The molecule has 0 saturated carbocycles. The number of hydrogen-bond acceptors (Lipinski definition) is 3. The van der Waals surface area contributed by atoms with Gasteiger partial charge < -0.3 is 10.1 Å². The molecule has 0 aromatic heterocycles. The minimum Gasteiger partial charge on any atom is -0.444 e. The molecule has 1 unspecified atom stereocenters. The summed E-state index contributed by atoms with van der Waals surface area (Å²) in [6, 6.07) is 0.